The lowest BCUT2D eigenvalue weighted by Crippen LogP contribution is -2.49. The van der Waals surface area contributed by atoms with E-state index in [0.29, 0.717) is 23.7 Å². The van der Waals surface area contributed by atoms with E-state index in [1.165, 1.54) is 11.1 Å². The Bertz CT molecular complexity index is 898. The summed E-state index contributed by atoms with van der Waals surface area (Å²) in [7, 11) is -3.65. The fraction of sp³-hybridized carbons (Fsp3) is 0.381. The van der Waals surface area contributed by atoms with Crippen LogP contribution in [0.2, 0.25) is 5.02 Å². The lowest BCUT2D eigenvalue weighted by molar-refractivity contribution is -0.122. The molecule has 1 atom stereocenters. The number of nitrogens with zero attached hydrogens (tertiary/aromatic N) is 1. The average molecular weight is 423 g/mol. The molecular formula is C21H27ClN2O3S. The number of hydrogen-bond donors (Lipinski definition) is 1. The minimum atomic E-state index is -3.65. The first-order chi connectivity index (χ1) is 13.2. The van der Waals surface area contributed by atoms with Crippen molar-refractivity contribution in [3.63, 3.8) is 0 Å². The van der Waals surface area contributed by atoms with Gasteiger partial charge < -0.3 is 5.32 Å². The van der Waals surface area contributed by atoms with Gasteiger partial charge in [-0.25, -0.2) is 8.42 Å². The fourth-order valence-corrected chi connectivity index (χ4v) is 4.44. The number of hydrogen-bond acceptors (Lipinski definition) is 3. The van der Waals surface area contributed by atoms with Crippen LogP contribution in [0.25, 0.3) is 0 Å². The summed E-state index contributed by atoms with van der Waals surface area (Å²) in [6, 6.07) is 14.0. The second-order valence-electron chi connectivity index (χ2n) is 6.84. The van der Waals surface area contributed by atoms with E-state index in [4.69, 9.17) is 11.6 Å². The SMILES string of the molecule is CC[C@@H](C(=O)NCCCc1ccc(C)cc1)N(c1cccc(Cl)c1)S(C)(=O)=O. The second kappa shape index (κ2) is 9.94. The Morgan fingerprint density at radius 2 is 1.86 bits per heavy atom. The zero-order valence-corrected chi connectivity index (χ0v) is 18.1. The van der Waals surface area contributed by atoms with Crippen LogP contribution in [-0.2, 0) is 21.2 Å². The third-order valence-electron chi connectivity index (χ3n) is 4.45. The van der Waals surface area contributed by atoms with Gasteiger partial charge in [0, 0.05) is 11.6 Å². The van der Waals surface area contributed by atoms with Crippen molar-refractivity contribution in [1.82, 2.24) is 5.32 Å². The summed E-state index contributed by atoms with van der Waals surface area (Å²) in [6.45, 7) is 4.32. The number of rotatable bonds is 9. The lowest BCUT2D eigenvalue weighted by Gasteiger charge is -2.30. The predicted octanol–water partition coefficient (Wildman–Crippen LogP) is 3.94. The summed E-state index contributed by atoms with van der Waals surface area (Å²) in [5, 5.41) is 3.29. The molecule has 1 N–H and O–H groups in total. The third kappa shape index (κ3) is 6.24. The van der Waals surface area contributed by atoms with E-state index >= 15 is 0 Å². The van der Waals surface area contributed by atoms with E-state index in [2.05, 4.69) is 29.6 Å². The second-order valence-corrected chi connectivity index (χ2v) is 9.14. The number of carbonyl (C=O) groups excluding carboxylic acids is 1. The molecule has 0 heterocycles. The third-order valence-corrected chi connectivity index (χ3v) is 5.87. The molecule has 0 saturated carbocycles. The molecule has 2 aromatic rings. The van der Waals surface area contributed by atoms with E-state index in [1.807, 2.05) is 6.92 Å². The van der Waals surface area contributed by atoms with Gasteiger partial charge >= 0.3 is 0 Å². The number of amides is 1. The number of nitrogens with one attached hydrogen (secondary N) is 1. The van der Waals surface area contributed by atoms with E-state index in [1.54, 1.807) is 31.2 Å². The molecule has 2 rings (SSSR count). The zero-order valence-electron chi connectivity index (χ0n) is 16.5. The van der Waals surface area contributed by atoms with Crippen molar-refractivity contribution < 1.29 is 13.2 Å². The van der Waals surface area contributed by atoms with Crippen molar-refractivity contribution in [2.24, 2.45) is 0 Å². The normalized spacial score (nSPS) is 12.4. The molecule has 0 aliphatic rings. The van der Waals surface area contributed by atoms with Gasteiger partial charge in [-0.2, -0.15) is 0 Å². The largest absolute Gasteiger partial charge is 0.354 e. The Morgan fingerprint density at radius 3 is 2.43 bits per heavy atom. The quantitative estimate of drug-likeness (QED) is 0.622. The molecule has 0 spiro atoms. The first-order valence-electron chi connectivity index (χ1n) is 9.30. The summed E-state index contributed by atoms with van der Waals surface area (Å²) >= 11 is 6.01. The van der Waals surface area contributed by atoms with Gasteiger partial charge in [-0.3, -0.25) is 9.10 Å². The summed E-state index contributed by atoms with van der Waals surface area (Å²) in [5.41, 5.74) is 2.81. The summed E-state index contributed by atoms with van der Waals surface area (Å²) in [4.78, 5) is 12.7. The lowest BCUT2D eigenvalue weighted by atomic mass is 10.1. The number of sulfonamides is 1. The van der Waals surface area contributed by atoms with Crippen LogP contribution in [0.3, 0.4) is 0 Å². The van der Waals surface area contributed by atoms with Crippen molar-refractivity contribution in [1.29, 1.82) is 0 Å². The molecule has 152 valence electrons. The van der Waals surface area contributed by atoms with Crippen molar-refractivity contribution in [2.45, 2.75) is 39.2 Å². The van der Waals surface area contributed by atoms with E-state index in [-0.39, 0.29) is 5.91 Å². The molecule has 0 bridgehead atoms. The van der Waals surface area contributed by atoms with Gasteiger partial charge in [0.2, 0.25) is 15.9 Å². The smallest absolute Gasteiger partial charge is 0.243 e. The molecule has 28 heavy (non-hydrogen) atoms. The van der Waals surface area contributed by atoms with Gasteiger partial charge in [0.15, 0.2) is 0 Å². The summed E-state index contributed by atoms with van der Waals surface area (Å²) < 4.78 is 25.9. The fourth-order valence-electron chi connectivity index (χ4n) is 3.05. The van der Waals surface area contributed by atoms with Gasteiger partial charge in [0.05, 0.1) is 11.9 Å². The minimum absolute atomic E-state index is 0.309. The Labute approximate surface area is 172 Å². The highest BCUT2D eigenvalue weighted by atomic mass is 35.5. The molecule has 0 saturated heterocycles. The molecule has 0 aliphatic heterocycles. The van der Waals surface area contributed by atoms with Crippen molar-refractivity contribution >= 4 is 33.2 Å². The highest BCUT2D eigenvalue weighted by molar-refractivity contribution is 7.92. The van der Waals surface area contributed by atoms with Gasteiger partial charge in [0.1, 0.15) is 6.04 Å². The van der Waals surface area contributed by atoms with Crippen molar-refractivity contribution in [3.05, 3.63) is 64.7 Å². The predicted molar refractivity (Wildman–Crippen MR) is 115 cm³/mol. The van der Waals surface area contributed by atoms with Crippen LogP contribution in [0, 0.1) is 6.92 Å². The highest BCUT2D eigenvalue weighted by Gasteiger charge is 2.31. The van der Waals surface area contributed by atoms with Gasteiger partial charge in [-0.1, -0.05) is 54.4 Å². The first-order valence-corrected chi connectivity index (χ1v) is 11.5. The molecule has 1 amide bonds. The Balaban J connectivity index is 2.04. The van der Waals surface area contributed by atoms with Crippen LogP contribution in [0.1, 0.15) is 30.9 Å². The number of benzene rings is 2. The molecule has 2 aromatic carbocycles. The van der Waals surface area contributed by atoms with E-state index < -0.39 is 16.1 Å². The minimum Gasteiger partial charge on any atom is -0.354 e. The van der Waals surface area contributed by atoms with Crippen LogP contribution >= 0.6 is 11.6 Å². The highest BCUT2D eigenvalue weighted by Crippen LogP contribution is 2.25. The molecule has 5 nitrogen and oxygen atoms in total. The van der Waals surface area contributed by atoms with Gasteiger partial charge in [-0.05, 0) is 49.9 Å². The van der Waals surface area contributed by atoms with Crippen molar-refractivity contribution in [3.8, 4) is 0 Å². The Morgan fingerprint density at radius 1 is 1.18 bits per heavy atom. The molecule has 0 unspecified atom stereocenters. The van der Waals surface area contributed by atoms with Crippen LogP contribution < -0.4 is 9.62 Å². The number of aryl methyl sites for hydroxylation is 2. The number of carbonyl (C=O) groups is 1. The molecule has 0 aliphatic carbocycles. The van der Waals surface area contributed by atoms with Gasteiger partial charge in [0.25, 0.3) is 0 Å². The number of anilines is 1. The first kappa shape index (κ1) is 22.2. The standard InChI is InChI=1S/C21H27ClN2O3S/c1-4-20(24(28(3,26)27)19-9-5-8-18(22)15-19)21(25)23-14-6-7-17-12-10-16(2)11-13-17/h5,8-13,15,20H,4,6-7,14H2,1-3H3,(H,23,25)/t20-/m0/s1. The Hall–Kier alpha value is -2.05. The van der Waals surface area contributed by atoms with Crippen LogP contribution in [0.15, 0.2) is 48.5 Å². The molecule has 7 heteroatoms. The average Bonchev–Trinajstić information content (AvgIpc) is 2.63. The maximum absolute atomic E-state index is 12.7. The monoisotopic (exact) mass is 422 g/mol. The topological polar surface area (TPSA) is 66.5 Å². The van der Waals surface area contributed by atoms with Crippen molar-refractivity contribution in [2.75, 3.05) is 17.1 Å². The zero-order chi connectivity index (χ0) is 20.7. The summed E-state index contributed by atoms with van der Waals surface area (Å²) in [6.07, 6.45) is 3.08. The number of halogens is 1. The molecular weight excluding hydrogens is 396 g/mol. The Kier molecular flexibility index (Phi) is 7.89. The van der Waals surface area contributed by atoms with E-state index in [9.17, 15) is 13.2 Å². The van der Waals surface area contributed by atoms with Crippen LogP contribution in [-0.4, -0.2) is 33.2 Å². The summed E-state index contributed by atoms with van der Waals surface area (Å²) in [5.74, 6) is -0.309. The molecule has 0 radical (unpaired) electrons. The maximum Gasteiger partial charge on any atom is 0.243 e. The maximum atomic E-state index is 12.7. The van der Waals surface area contributed by atoms with E-state index in [0.717, 1.165) is 23.4 Å². The van der Waals surface area contributed by atoms with Crippen LogP contribution in [0.4, 0.5) is 5.69 Å². The molecule has 0 aromatic heterocycles. The van der Waals surface area contributed by atoms with Gasteiger partial charge in [-0.15, -0.1) is 0 Å². The van der Waals surface area contributed by atoms with Crippen LogP contribution in [0.5, 0.6) is 0 Å². The molecule has 0 fully saturated rings.